The molecule has 1 amide bonds. The minimum Gasteiger partial charge on any atom is -0.394 e. The Kier molecular flexibility index (Phi) is 5.15. The molecule has 3 N–H and O–H groups in total. The molecule has 1 aliphatic rings. The molecule has 1 aliphatic carbocycles. The van der Waals surface area contributed by atoms with E-state index in [1.165, 1.54) is 5.56 Å². The van der Waals surface area contributed by atoms with E-state index in [1.54, 1.807) is 0 Å². The molecule has 1 saturated carbocycles. The Morgan fingerprint density at radius 2 is 2.00 bits per heavy atom. The molecule has 1 aromatic rings. The third kappa shape index (κ3) is 3.81. The molecule has 4 heteroatoms. The Bertz CT molecular complexity index is 454. The van der Waals surface area contributed by atoms with Crippen LogP contribution in [0.1, 0.15) is 36.8 Å². The average Bonchev–Trinajstić information content (AvgIpc) is 2.94. The zero-order valence-electron chi connectivity index (χ0n) is 12.1. The first-order valence-corrected chi connectivity index (χ1v) is 7.32. The van der Waals surface area contributed by atoms with Crippen molar-refractivity contribution in [2.45, 2.75) is 44.7 Å². The molecule has 0 aromatic heterocycles. The van der Waals surface area contributed by atoms with Gasteiger partial charge in [-0.25, -0.2) is 0 Å². The molecule has 4 nitrogen and oxygen atoms in total. The highest BCUT2D eigenvalue weighted by atomic mass is 16.3. The van der Waals surface area contributed by atoms with Crippen LogP contribution in [-0.4, -0.2) is 29.7 Å². The molecule has 0 saturated heterocycles. The van der Waals surface area contributed by atoms with Crippen molar-refractivity contribution in [1.82, 2.24) is 10.6 Å². The fourth-order valence-corrected chi connectivity index (χ4v) is 2.78. The molecule has 0 unspecified atom stereocenters. The summed E-state index contributed by atoms with van der Waals surface area (Å²) in [4.78, 5) is 11.9. The third-order valence-electron chi connectivity index (χ3n) is 4.22. The Balaban J connectivity index is 1.77. The summed E-state index contributed by atoms with van der Waals surface area (Å²) in [5.74, 6) is -0.0204. The molecule has 1 aromatic carbocycles. The second-order valence-electron chi connectivity index (χ2n) is 5.70. The molecule has 0 bridgehead atoms. The van der Waals surface area contributed by atoms with Gasteiger partial charge >= 0.3 is 0 Å². The lowest BCUT2D eigenvalue weighted by molar-refractivity contribution is -0.120. The number of carbonyl (C=O) groups is 1. The van der Waals surface area contributed by atoms with Crippen LogP contribution in [0, 0.1) is 6.92 Å². The number of aliphatic hydroxyl groups excluding tert-OH is 1. The number of carbonyl (C=O) groups excluding carboxylic acids is 1. The maximum Gasteiger partial charge on any atom is 0.234 e. The zero-order chi connectivity index (χ0) is 14.4. The Hall–Kier alpha value is -1.39. The van der Waals surface area contributed by atoms with E-state index in [-0.39, 0.29) is 24.6 Å². The molecular formula is C16H24N2O2. The summed E-state index contributed by atoms with van der Waals surface area (Å²) in [6.45, 7) is 2.98. The summed E-state index contributed by atoms with van der Waals surface area (Å²) in [7, 11) is 0. The number of nitrogens with one attached hydrogen (secondary N) is 2. The fourth-order valence-electron chi connectivity index (χ4n) is 2.78. The maximum absolute atomic E-state index is 11.9. The summed E-state index contributed by atoms with van der Waals surface area (Å²) >= 11 is 0. The van der Waals surface area contributed by atoms with Gasteiger partial charge in [-0.3, -0.25) is 4.79 Å². The Morgan fingerprint density at radius 3 is 2.65 bits per heavy atom. The number of amides is 1. The van der Waals surface area contributed by atoms with E-state index in [2.05, 4.69) is 10.6 Å². The van der Waals surface area contributed by atoms with E-state index in [4.69, 9.17) is 0 Å². The van der Waals surface area contributed by atoms with Crippen molar-refractivity contribution < 1.29 is 9.90 Å². The molecule has 110 valence electrons. The van der Waals surface area contributed by atoms with Crippen molar-refractivity contribution in [2.24, 2.45) is 0 Å². The van der Waals surface area contributed by atoms with E-state index in [0.29, 0.717) is 6.54 Å². The van der Waals surface area contributed by atoms with Crippen LogP contribution in [0.15, 0.2) is 24.3 Å². The van der Waals surface area contributed by atoms with Gasteiger partial charge in [-0.1, -0.05) is 37.1 Å². The first-order valence-electron chi connectivity index (χ1n) is 7.32. The van der Waals surface area contributed by atoms with Crippen molar-refractivity contribution in [3.63, 3.8) is 0 Å². The average molecular weight is 276 g/mol. The number of hydrogen-bond acceptors (Lipinski definition) is 3. The largest absolute Gasteiger partial charge is 0.394 e. The molecule has 0 heterocycles. The first-order chi connectivity index (χ1) is 9.65. The molecule has 0 spiro atoms. The highest BCUT2D eigenvalue weighted by Crippen LogP contribution is 2.28. The maximum atomic E-state index is 11.9. The van der Waals surface area contributed by atoms with E-state index >= 15 is 0 Å². The lowest BCUT2D eigenvalue weighted by Crippen LogP contribution is -2.50. The van der Waals surface area contributed by atoms with Gasteiger partial charge in [-0.2, -0.15) is 0 Å². The van der Waals surface area contributed by atoms with E-state index in [9.17, 15) is 9.90 Å². The second kappa shape index (κ2) is 6.86. The summed E-state index contributed by atoms with van der Waals surface area (Å²) in [6.07, 6.45) is 4.15. The van der Waals surface area contributed by atoms with Crippen LogP contribution in [0.5, 0.6) is 0 Å². The van der Waals surface area contributed by atoms with E-state index in [0.717, 1.165) is 31.2 Å². The minimum absolute atomic E-state index is 0.0204. The predicted octanol–water partition coefficient (Wildman–Crippen LogP) is 1.51. The number of aryl methyl sites for hydroxylation is 1. The molecule has 2 rings (SSSR count). The van der Waals surface area contributed by atoms with Gasteiger partial charge in [-0.05, 0) is 30.9 Å². The van der Waals surface area contributed by atoms with Crippen molar-refractivity contribution in [3.8, 4) is 0 Å². The fraction of sp³-hybridized carbons (Fsp3) is 0.562. The van der Waals surface area contributed by atoms with Crippen LogP contribution >= 0.6 is 0 Å². The van der Waals surface area contributed by atoms with Gasteiger partial charge in [0.05, 0.1) is 13.2 Å². The van der Waals surface area contributed by atoms with Gasteiger partial charge in [0.15, 0.2) is 0 Å². The predicted molar refractivity (Wildman–Crippen MR) is 79.3 cm³/mol. The molecule has 0 aliphatic heterocycles. The highest BCUT2D eigenvalue weighted by molar-refractivity contribution is 5.78. The van der Waals surface area contributed by atoms with Gasteiger partial charge < -0.3 is 15.7 Å². The van der Waals surface area contributed by atoms with Gasteiger partial charge in [0.25, 0.3) is 0 Å². The van der Waals surface area contributed by atoms with Crippen molar-refractivity contribution in [2.75, 3.05) is 13.2 Å². The second-order valence-corrected chi connectivity index (χ2v) is 5.70. The normalized spacial score (nSPS) is 17.1. The van der Waals surface area contributed by atoms with Crippen LogP contribution in [0.25, 0.3) is 0 Å². The molecule has 1 fully saturated rings. The monoisotopic (exact) mass is 276 g/mol. The van der Waals surface area contributed by atoms with Crippen LogP contribution in [0.2, 0.25) is 0 Å². The number of rotatable bonds is 6. The lowest BCUT2D eigenvalue weighted by Gasteiger charge is -2.27. The van der Waals surface area contributed by atoms with Gasteiger partial charge in [0.1, 0.15) is 0 Å². The van der Waals surface area contributed by atoms with Crippen LogP contribution < -0.4 is 10.6 Å². The summed E-state index contributed by atoms with van der Waals surface area (Å²) in [6, 6.07) is 8.04. The van der Waals surface area contributed by atoms with Gasteiger partial charge in [0, 0.05) is 12.1 Å². The van der Waals surface area contributed by atoms with Crippen LogP contribution in [0.3, 0.4) is 0 Å². The van der Waals surface area contributed by atoms with Crippen LogP contribution in [0.4, 0.5) is 0 Å². The quantitative estimate of drug-likeness (QED) is 0.738. The summed E-state index contributed by atoms with van der Waals surface area (Å²) < 4.78 is 0. The van der Waals surface area contributed by atoms with Gasteiger partial charge in [0.2, 0.25) is 5.91 Å². The topological polar surface area (TPSA) is 61.4 Å². The minimum atomic E-state index is -0.236. The first kappa shape index (κ1) is 15.0. The number of hydrogen-bond donors (Lipinski definition) is 3. The standard InChI is InChI=1S/C16H24N2O2/c1-13-6-2-3-7-14(13)10-17-15(20)11-18-16(12-19)8-4-5-9-16/h2-3,6-7,18-19H,4-5,8-12H2,1H3,(H,17,20). The van der Waals surface area contributed by atoms with Crippen molar-refractivity contribution in [3.05, 3.63) is 35.4 Å². The lowest BCUT2D eigenvalue weighted by atomic mass is 9.99. The summed E-state index contributed by atoms with van der Waals surface area (Å²) in [5, 5.41) is 15.6. The number of aliphatic hydroxyl groups is 1. The van der Waals surface area contributed by atoms with Crippen molar-refractivity contribution >= 4 is 5.91 Å². The van der Waals surface area contributed by atoms with E-state index < -0.39 is 0 Å². The highest BCUT2D eigenvalue weighted by Gasteiger charge is 2.32. The van der Waals surface area contributed by atoms with E-state index in [1.807, 2.05) is 31.2 Å². The van der Waals surface area contributed by atoms with Crippen LogP contribution in [-0.2, 0) is 11.3 Å². The van der Waals surface area contributed by atoms with Crippen molar-refractivity contribution in [1.29, 1.82) is 0 Å². The molecular weight excluding hydrogens is 252 g/mol. The molecule has 0 radical (unpaired) electrons. The SMILES string of the molecule is Cc1ccccc1CNC(=O)CNC1(CO)CCCC1. The van der Waals surface area contributed by atoms with Gasteiger partial charge in [-0.15, -0.1) is 0 Å². The third-order valence-corrected chi connectivity index (χ3v) is 4.22. The Labute approximate surface area is 120 Å². The molecule has 0 atom stereocenters. The number of benzene rings is 1. The zero-order valence-corrected chi connectivity index (χ0v) is 12.1. The smallest absolute Gasteiger partial charge is 0.234 e. The Morgan fingerprint density at radius 1 is 1.30 bits per heavy atom. The summed E-state index contributed by atoms with van der Waals surface area (Å²) in [5.41, 5.74) is 2.09. The molecule has 20 heavy (non-hydrogen) atoms.